The molecule has 7 nitrogen and oxygen atoms in total. The summed E-state index contributed by atoms with van der Waals surface area (Å²) < 4.78 is 0.979. The zero-order valence-corrected chi connectivity index (χ0v) is 23.4. The van der Waals surface area contributed by atoms with Crippen molar-refractivity contribution in [2.75, 3.05) is 18.0 Å². The van der Waals surface area contributed by atoms with E-state index in [1.165, 1.54) is 0 Å². The summed E-state index contributed by atoms with van der Waals surface area (Å²) in [6, 6.07) is 15.2. The molecule has 0 radical (unpaired) electrons. The van der Waals surface area contributed by atoms with Gasteiger partial charge in [0.25, 0.3) is 5.91 Å². The van der Waals surface area contributed by atoms with E-state index in [0.717, 1.165) is 41.4 Å². The van der Waals surface area contributed by atoms with Gasteiger partial charge in [0.05, 0.1) is 18.5 Å². The second-order valence-corrected chi connectivity index (χ2v) is 12.3. The zero-order valence-electron chi connectivity index (χ0n) is 21.8. The molecule has 1 aliphatic carbocycles. The number of hydrogen-bond donors (Lipinski definition) is 2. The van der Waals surface area contributed by atoms with Crippen molar-refractivity contribution in [2.45, 2.75) is 65.0 Å². The number of aliphatic carboxylic acids is 1. The molecular formula is C29H36BrN3O4. The van der Waals surface area contributed by atoms with E-state index in [1.807, 2.05) is 41.3 Å². The van der Waals surface area contributed by atoms with Crippen LogP contribution in [-0.4, -0.2) is 46.5 Å². The van der Waals surface area contributed by atoms with Crippen LogP contribution in [0.4, 0.5) is 10.5 Å². The van der Waals surface area contributed by atoms with Crippen molar-refractivity contribution in [3.63, 3.8) is 0 Å². The lowest BCUT2D eigenvalue weighted by Crippen LogP contribution is -2.50. The van der Waals surface area contributed by atoms with Crippen LogP contribution < -0.4 is 10.2 Å². The van der Waals surface area contributed by atoms with Crippen LogP contribution in [0, 0.1) is 11.3 Å². The van der Waals surface area contributed by atoms with Crippen LogP contribution >= 0.6 is 15.9 Å². The molecule has 2 fully saturated rings. The first-order valence-corrected chi connectivity index (χ1v) is 13.7. The van der Waals surface area contributed by atoms with Crippen LogP contribution in [0.25, 0.3) is 0 Å². The van der Waals surface area contributed by atoms with Crippen LogP contribution in [0.2, 0.25) is 0 Å². The first-order valence-electron chi connectivity index (χ1n) is 12.9. The molecule has 3 amide bonds. The Morgan fingerprint density at radius 3 is 2.24 bits per heavy atom. The number of carboxylic acid groups (broad SMARTS) is 1. The number of benzene rings is 2. The topological polar surface area (TPSA) is 90.0 Å². The highest BCUT2D eigenvalue weighted by Crippen LogP contribution is 2.47. The lowest BCUT2D eigenvalue weighted by Gasteiger charge is -2.45. The largest absolute Gasteiger partial charge is 0.481 e. The number of carbonyl (C=O) groups is 3. The summed E-state index contributed by atoms with van der Waals surface area (Å²) >= 11 is 3.49. The monoisotopic (exact) mass is 569 g/mol. The maximum absolute atomic E-state index is 13.8. The number of nitrogens with one attached hydrogen (secondary N) is 1. The SMILES string of the molecule is CC(C)(C)C1CCC2(CC1)CN(c1ccc(Br)cc1)C(=O)N2Cc1ccc(C(=O)NCCC(=O)O)cc1. The van der Waals surface area contributed by atoms with Gasteiger partial charge in [-0.2, -0.15) is 0 Å². The molecule has 8 heteroatoms. The molecule has 4 rings (SSSR count). The third-order valence-electron chi connectivity index (χ3n) is 7.95. The predicted octanol–water partition coefficient (Wildman–Crippen LogP) is 6.07. The number of anilines is 1. The van der Waals surface area contributed by atoms with E-state index in [4.69, 9.17) is 5.11 Å². The van der Waals surface area contributed by atoms with Crippen molar-refractivity contribution in [3.8, 4) is 0 Å². The highest BCUT2D eigenvalue weighted by Gasteiger charge is 2.52. The molecular weight excluding hydrogens is 534 g/mol. The average Bonchev–Trinajstić information content (AvgIpc) is 3.10. The molecule has 1 heterocycles. The van der Waals surface area contributed by atoms with Gasteiger partial charge in [0, 0.05) is 28.8 Å². The average molecular weight is 571 g/mol. The van der Waals surface area contributed by atoms with E-state index in [2.05, 4.69) is 46.9 Å². The van der Waals surface area contributed by atoms with Crippen molar-refractivity contribution >= 4 is 39.5 Å². The van der Waals surface area contributed by atoms with Crippen molar-refractivity contribution < 1.29 is 19.5 Å². The normalized spacial score (nSPS) is 21.9. The molecule has 1 aliphatic heterocycles. The number of nitrogens with zero attached hydrogens (tertiary/aromatic N) is 2. The highest BCUT2D eigenvalue weighted by atomic mass is 79.9. The molecule has 198 valence electrons. The van der Waals surface area contributed by atoms with E-state index >= 15 is 0 Å². The second-order valence-electron chi connectivity index (χ2n) is 11.4. The van der Waals surface area contributed by atoms with Crippen LogP contribution in [0.15, 0.2) is 53.0 Å². The third-order valence-corrected chi connectivity index (χ3v) is 8.48. The van der Waals surface area contributed by atoms with Gasteiger partial charge in [-0.25, -0.2) is 4.79 Å². The number of urea groups is 1. The van der Waals surface area contributed by atoms with Crippen LogP contribution in [-0.2, 0) is 11.3 Å². The lowest BCUT2D eigenvalue weighted by molar-refractivity contribution is -0.136. The summed E-state index contributed by atoms with van der Waals surface area (Å²) in [5, 5.41) is 11.4. The Balaban J connectivity index is 1.53. The summed E-state index contributed by atoms with van der Waals surface area (Å²) in [7, 11) is 0. The standard InChI is InChI=1S/C29H36BrN3O4/c1-28(2,3)22-12-15-29(16-13-22)19-32(24-10-8-23(30)9-11-24)27(37)33(29)18-20-4-6-21(7-5-20)26(36)31-17-14-25(34)35/h4-11,22H,12-19H2,1-3H3,(H,31,36)(H,34,35). The molecule has 2 aromatic rings. The number of carboxylic acids is 1. The Kier molecular flexibility index (Phi) is 7.97. The van der Waals surface area contributed by atoms with Crippen LogP contribution in [0.3, 0.4) is 0 Å². The predicted molar refractivity (Wildman–Crippen MR) is 148 cm³/mol. The Morgan fingerprint density at radius 2 is 1.68 bits per heavy atom. The third kappa shape index (κ3) is 6.17. The molecule has 1 saturated carbocycles. The van der Waals surface area contributed by atoms with Crippen molar-refractivity contribution in [1.82, 2.24) is 10.2 Å². The number of amides is 3. The number of hydrogen-bond acceptors (Lipinski definition) is 3. The zero-order chi connectivity index (χ0) is 26.8. The quantitative estimate of drug-likeness (QED) is 0.423. The molecule has 1 spiro atoms. The Morgan fingerprint density at radius 1 is 1.05 bits per heavy atom. The minimum absolute atomic E-state index is 0.0204. The fourth-order valence-electron chi connectivity index (χ4n) is 5.63. The summed E-state index contributed by atoms with van der Waals surface area (Å²) in [6.45, 7) is 8.16. The van der Waals surface area contributed by atoms with Crippen LogP contribution in [0.1, 0.15) is 68.8 Å². The van der Waals surface area contributed by atoms with E-state index in [0.29, 0.717) is 24.6 Å². The number of carbonyl (C=O) groups excluding carboxylic acids is 2. The molecule has 0 aromatic heterocycles. The van der Waals surface area contributed by atoms with Crippen molar-refractivity contribution in [2.24, 2.45) is 11.3 Å². The van der Waals surface area contributed by atoms with Gasteiger partial charge in [0.1, 0.15) is 0 Å². The Labute approximate surface area is 227 Å². The van der Waals surface area contributed by atoms with E-state index in [9.17, 15) is 14.4 Å². The molecule has 0 unspecified atom stereocenters. The van der Waals surface area contributed by atoms with Gasteiger partial charge in [-0.05, 0) is 79.0 Å². The van der Waals surface area contributed by atoms with E-state index < -0.39 is 5.97 Å². The maximum Gasteiger partial charge on any atom is 0.325 e. The summed E-state index contributed by atoms with van der Waals surface area (Å²) in [5.41, 5.74) is 2.37. The number of rotatable bonds is 7. The van der Waals surface area contributed by atoms with Gasteiger partial charge in [0.2, 0.25) is 0 Å². The maximum atomic E-state index is 13.8. The van der Waals surface area contributed by atoms with Crippen LogP contribution in [0.5, 0.6) is 0 Å². The van der Waals surface area contributed by atoms with Crippen molar-refractivity contribution in [1.29, 1.82) is 0 Å². The lowest BCUT2D eigenvalue weighted by atomic mass is 9.67. The number of halogens is 1. The summed E-state index contributed by atoms with van der Waals surface area (Å²) in [6.07, 6.45) is 4.01. The first-order chi connectivity index (χ1) is 17.5. The van der Waals surface area contributed by atoms with Gasteiger partial charge in [-0.15, -0.1) is 0 Å². The fourth-order valence-corrected chi connectivity index (χ4v) is 5.90. The molecule has 0 bridgehead atoms. The minimum Gasteiger partial charge on any atom is -0.481 e. The highest BCUT2D eigenvalue weighted by molar-refractivity contribution is 9.10. The molecule has 2 aromatic carbocycles. The Bertz CT molecular complexity index is 1130. The summed E-state index contributed by atoms with van der Waals surface area (Å²) in [4.78, 5) is 40.8. The molecule has 2 N–H and O–H groups in total. The smallest absolute Gasteiger partial charge is 0.325 e. The molecule has 0 atom stereocenters. The summed E-state index contributed by atoms with van der Waals surface area (Å²) in [5.74, 6) is -0.618. The molecule has 2 aliphatic rings. The first kappa shape index (κ1) is 27.2. The Hall–Kier alpha value is -2.87. The van der Waals surface area contributed by atoms with Gasteiger partial charge in [-0.1, -0.05) is 48.8 Å². The van der Waals surface area contributed by atoms with Gasteiger partial charge in [-0.3, -0.25) is 14.5 Å². The van der Waals surface area contributed by atoms with Crippen molar-refractivity contribution in [3.05, 3.63) is 64.1 Å². The van der Waals surface area contributed by atoms with Gasteiger partial charge < -0.3 is 15.3 Å². The minimum atomic E-state index is -0.950. The second kappa shape index (κ2) is 10.9. The van der Waals surface area contributed by atoms with Gasteiger partial charge >= 0.3 is 12.0 Å². The van der Waals surface area contributed by atoms with Gasteiger partial charge in [0.15, 0.2) is 0 Å². The van der Waals surface area contributed by atoms with E-state index in [-0.39, 0.29) is 35.9 Å². The van der Waals surface area contributed by atoms with E-state index in [1.54, 1.807) is 12.1 Å². The molecule has 1 saturated heterocycles. The fraction of sp³-hybridized carbons (Fsp3) is 0.483. The molecule has 37 heavy (non-hydrogen) atoms.